The van der Waals surface area contributed by atoms with Crippen LogP contribution >= 0.6 is 0 Å². The average molecular weight is 331 g/mol. The molecule has 0 saturated carbocycles. The third-order valence-electron chi connectivity index (χ3n) is 4.22. The molecule has 3 aromatic carbocycles. The van der Waals surface area contributed by atoms with Crippen molar-refractivity contribution in [2.24, 2.45) is 0 Å². The standard InChI is InChI=1S/C20H17N3O2/c24-18-6-1-14(2-7-18)9-10-23-13-20(21-22-23)17-4-3-16-12-19(25)8-5-15(16)11-17/h1-8,11-13,24-25H,9-10H2. The molecule has 0 radical (unpaired) electrons. The molecule has 0 atom stereocenters. The number of aromatic hydroxyl groups is 2. The number of phenolic OH excluding ortho intramolecular Hbond substituents is 2. The summed E-state index contributed by atoms with van der Waals surface area (Å²) >= 11 is 0. The predicted molar refractivity (Wildman–Crippen MR) is 96.4 cm³/mol. The smallest absolute Gasteiger partial charge is 0.116 e. The minimum Gasteiger partial charge on any atom is -0.508 e. The fraction of sp³-hybridized carbons (Fsp3) is 0.100. The molecule has 0 bridgehead atoms. The summed E-state index contributed by atoms with van der Waals surface area (Å²) in [6.45, 7) is 0.721. The maximum Gasteiger partial charge on any atom is 0.116 e. The first kappa shape index (κ1) is 15.2. The van der Waals surface area contributed by atoms with E-state index in [0.717, 1.165) is 40.6 Å². The zero-order valence-electron chi connectivity index (χ0n) is 13.5. The van der Waals surface area contributed by atoms with E-state index in [-0.39, 0.29) is 11.5 Å². The lowest BCUT2D eigenvalue weighted by atomic mass is 10.1. The Balaban J connectivity index is 1.52. The Morgan fingerprint density at radius 1 is 0.800 bits per heavy atom. The molecule has 0 aliphatic carbocycles. The highest BCUT2D eigenvalue weighted by molar-refractivity contribution is 5.87. The van der Waals surface area contributed by atoms with Crippen molar-refractivity contribution in [3.8, 4) is 22.8 Å². The maximum absolute atomic E-state index is 9.55. The predicted octanol–water partition coefficient (Wildman–Crippen LogP) is 3.75. The van der Waals surface area contributed by atoms with Crippen LogP contribution in [0.15, 0.2) is 66.9 Å². The number of aryl methyl sites for hydroxylation is 2. The Morgan fingerprint density at radius 3 is 2.36 bits per heavy atom. The van der Waals surface area contributed by atoms with Crippen molar-refractivity contribution < 1.29 is 10.2 Å². The van der Waals surface area contributed by atoms with Crippen LogP contribution in [0.1, 0.15) is 5.56 Å². The molecule has 1 aromatic heterocycles. The van der Waals surface area contributed by atoms with E-state index in [0.29, 0.717) is 0 Å². The van der Waals surface area contributed by atoms with Gasteiger partial charge in [0, 0.05) is 12.1 Å². The van der Waals surface area contributed by atoms with Crippen LogP contribution in [0.2, 0.25) is 0 Å². The van der Waals surface area contributed by atoms with Gasteiger partial charge in [0.2, 0.25) is 0 Å². The lowest BCUT2D eigenvalue weighted by Gasteiger charge is -2.02. The third-order valence-corrected chi connectivity index (χ3v) is 4.22. The number of benzene rings is 3. The molecule has 4 aromatic rings. The van der Waals surface area contributed by atoms with Crippen LogP contribution < -0.4 is 0 Å². The van der Waals surface area contributed by atoms with Crippen LogP contribution in [-0.4, -0.2) is 25.2 Å². The topological polar surface area (TPSA) is 71.2 Å². The monoisotopic (exact) mass is 331 g/mol. The van der Waals surface area contributed by atoms with Crippen molar-refractivity contribution in [2.45, 2.75) is 13.0 Å². The molecular formula is C20H17N3O2. The van der Waals surface area contributed by atoms with Crippen molar-refractivity contribution >= 4 is 10.8 Å². The van der Waals surface area contributed by atoms with E-state index in [9.17, 15) is 10.2 Å². The number of nitrogens with zero attached hydrogens (tertiary/aromatic N) is 3. The number of fused-ring (bicyclic) bond motifs is 1. The zero-order valence-corrected chi connectivity index (χ0v) is 13.5. The average Bonchev–Trinajstić information content (AvgIpc) is 3.10. The van der Waals surface area contributed by atoms with Gasteiger partial charge in [0.25, 0.3) is 0 Å². The second kappa shape index (κ2) is 6.28. The number of hydrogen-bond donors (Lipinski definition) is 2. The molecule has 5 nitrogen and oxygen atoms in total. The van der Waals surface area contributed by atoms with E-state index in [1.807, 2.05) is 47.3 Å². The summed E-state index contributed by atoms with van der Waals surface area (Å²) in [4.78, 5) is 0. The van der Waals surface area contributed by atoms with Gasteiger partial charge in [-0.05, 0) is 53.1 Å². The first-order chi connectivity index (χ1) is 12.2. The number of phenols is 2. The second-order valence-corrected chi connectivity index (χ2v) is 6.03. The highest BCUT2D eigenvalue weighted by atomic mass is 16.3. The molecule has 124 valence electrons. The maximum atomic E-state index is 9.55. The summed E-state index contributed by atoms with van der Waals surface area (Å²) in [7, 11) is 0. The van der Waals surface area contributed by atoms with Gasteiger partial charge >= 0.3 is 0 Å². The van der Waals surface area contributed by atoms with Crippen molar-refractivity contribution in [1.82, 2.24) is 15.0 Å². The molecule has 0 aliphatic heterocycles. The van der Waals surface area contributed by atoms with Gasteiger partial charge in [-0.1, -0.05) is 35.5 Å². The first-order valence-electron chi connectivity index (χ1n) is 8.08. The minimum atomic E-state index is 0.264. The zero-order chi connectivity index (χ0) is 17.2. The molecular weight excluding hydrogens is 314 g/mol. The molecule has 2 N–H and O–H groups in total. The lowest BCUT2D eigenvalue weighted by molar-refractivity contribution is 0.474. The summed E-state index contributed by atoms with van der Waals surface area (Å²) in [5.74, 6) is 0.539. The van der Waals surface area contributed by atoms with Gasteiger partial charge in [0.1, 0.15) is 17.2 Å². The number of hydrogen-bond acceptors (Lipinski definition) is 4. The molecule has 0 amide bonds. The highest BCUT2D eigenvalue weighted by Crippen LogP contribution is 2.25. The number of rotatable bonds is 4. The Labute approximate surface area is 144 Å². The summed E-state index contributed by atoms with van der Waals surface area (Å²) < 4.78 is 1.82. The highest BCUT2D eigenvalue weighted by Gasteiger charge is 2.06. The van der Waals surface area contributed by atoms with Gasteiger partial charge in [0.15, 0.2) is 0 Å². The van der Waals surface area contributed by atoms with E-state index in [1.54, 1.807) is 24.3 Å². The summed E-state index contributed by atoms with van der Waals surface area (Å²) in [6, 6.07) is 18.5. The van der Waals surface area contributed by atoms with E-state index < -0.39 is 0 Å². The molecule has 25 heavy (non-hydrogen) atoms. The Kier molecular flexibility index (Phi) is 3.82. The van der Waals surface area contributed by atoms with Crippen LogP contribution in [-0.2, 0) is 13.0 Å². The molecule has 5 heteroatoms. The Hall–Kier alpha value is -3.34. The molecule has 0 fully saturated rings. The summed E-state index contributed by atoms with van der Waals surface area (Å²) in [5, 5.41) is 29.4. The van der Waals surface area contributed by atoms with Gasteiger partial charge < -0.3 is 10.2 Å². The first-order valence-corrected chi connectivity index (χ1v) is 8.08. The normalized spacial score (nSPS) is 11.0. The Morgan fingerprint density at radius 2 is 1.52 bits per heavy atom. The van der Waals surface area contributed by atoms with Gasteiger partial charge in [-0.2, -0.15) is 0 Å². The van der Waals surface area contributed by atoms with E-state index in [2.05, 4.69) is 10.3 Å². The van der Waals surface area contributed by atoms with Crippen LogP contribution in [0.25, 0.3) is 22.0 Å². The fourth-order valence-electron chi connectivity index (χ4n) is 2.84. The second-order valence-electron chi connectivity index (χ2n) is 6.03. The fourth-order valence-corrected chi connectivity index (χ4v) is 2.84. The van der Waals surface area contributed by atoms with Crippen LogP contribution in [0, 0.1) is 0 Å². The van der Waals surface area contributed by atoms with E-state index >= 15 is 0 Å². The van der Waals surface area contributed by atoms with Crippen LogP contribution in [0.4, 0.5) is 0 Å². The van der Waals surface area contributed by atoms with Crippen molar-refractivity contribution in [1.29, 1.82) is 0 Å². The molecule has 0 aliphatic rings. The molecule has 0 spiro atoms. The van der Waals surface area contributed by atoms with Gasteiger partial charge in [-0.3, -0.25) is 4.68 Å². The SMILES string of the molecule is Oc1ccc(CCn2cc(-c3ccc4cc(O)ccc4c3)nn2)cc1. The van der Waals surface area contributed by atoms with Crippen LogP contribution in [0.3, 0.4) is 0 Å². The minimum absolute atomic E-state index is 0.264. The quantitative estimate of drug-likeness (QED) is 0.597. The van der Waals surface area contributed by atoms with Crippen molar-refractivity contribution in [2.75, 3.05) is 0 Å². The number of aromatic nitrogens is 3. The third kappa shape index (κ3) is 3.30. The molecule has 0 saturated heterocycles. The van der Waals surface area contributed by atoms with E-state index in [1.165, 1.54) is 0 Å². The van der Waals surface area contributed by atoms with Gasteiger partial charge in [-0.25, -0.2) is 0 Å². The molecule has 0 unspecified atom stereocenters. The van der Waals surface area contributed by atoms with Gasteiger partial charge in [-0.15, -0.1) is 5.10 Å². The molecule has 4 rings (SSSR count). The largest absolute Gasteiger partial charge is 0.508 e. The molecule has 1 heterocycles. The van der Waals surface area contributed by atoms with Gasteiger partial charge in [0.05, 0.1) is 6.20 Å². The lowest BCUT2D eigenvalue weighted by Crippen LogP contribution is -2.01. The Bertz CT molecular complexity index is 1020. The van der Waals surface area contributed by atoms with Crippen LogP contribution in [0.5, 0.6) is 11.5 Å². The van der Waals surface area contributed by atoms with E-state index in [4.69, 9.17) is 0 Å². The summed E-state index contributed by atoms with van der Waals surface area (Å²) in [5.41, 5.74) is 2.95. The summed E-state index contributed by atoms with van der Waals surface area (Å²) in [6.07, 6.45) is 2.75. The van der Waals surface area contributed by atoms with Crippen molar-refractivity contribution in [3.05, 3.63) is 72.4 Å². The van der Waals surface area contributed by atoms with Crippen molar-refractivity contribution in [3.63, 3.8) is 0 Å².